The normalized spacial score (nSPS) is 10.7. The number of H-pyrrole nitrogens is 1. The van der Waals surface area contributed by atoms with E-state index in [9.17, 15) is 4.79 Å². The van der Waals surface area contributed by atoms with Crippen LogP contribution in [0.1, 0.15) is 13.3 Å². The van der Waals surface area contributed by atoms with Crippen molar-refractivity contribution in [2.45, 2.75) is 13.3 Å². The summed E-state index contributed by atoms with van der Waals surface area (Å²) in [6, 6.07) is 12.8. The van der Waals surface area contributed by atoms with E-state index in [0.717, 1.165) is 6.42 Å². The third-order valence-corrected chi connectivity index (χ3v) is 3.52. The molecule has 0 spiro atoms. The molecule has 0 aliphatic heterocycles. The lowest BCUT2D eigenvalue weighted by Crippen LogP contribution is -2.10. The highest BCUT2D eigenvalue weighted by Gasteiger charge is 2.15. The molecule has 1 N–H and O–H groups in total. The maximum absolute atomic E-state index is 12.3. The Morgan fingerprint density at radius 2 is 1.96 bits per heavy atom. The minimum Gasteiger partial charge on any atom is -0.493 e. The van der Waals surface area contributed by atoms with Gasteiger partial charge in [-0.3, -0.25) is 4.79 Å². The number of aromatic nitrogens is 2. The van der Waals surface area contributed by atoms with Crippen LogP contribution in [0.5, 0.6) is 11.5 Å². The molecule has 1 heterocycles. The van der Waals surface area contributed by atoms with E-state index in [0.29, 0.717) is 40.4 Å². The van der Waals surface area contributed by atoms with Crippen LogP contribution in [0, 0.1) is 0 Å². The molecule has 0 aliphatic rings. The number of nitrogens with one attached hydrogen (secondary N) is 1. The second-order valence-corrected chi connectivity index (χ2v) is 5.12. The molecule has 0 radical (unpaired) electrons. The van der Waals surface area contributed by atoms with Crippen molar-refractivity contribution in [2.75, 3.05) is 13.7 Å². The Labute approximate surface area is 133 Å². The molecule has 3 aromatic rings. The molecule has 0 amide bonds. The average Bonchev–Trinajstić information content (AvgIpc) is 2.59. The molecule has 0 saturated heterocycles. The van der Waals surface area contributed by atoms with Gasteiger partial charge in [-0.15, -0.1) is 0 Å². The molecule has 5 heteroatoms. The van der Waals surface area contributed by atoms with E-state index >= 15 is 0 Å². The highest BCUT2D eigenvalue weighted by molar-refractivity contribution is 5.80. The van der Waals surface area contributed by atoms with E-state index in [1.54, 1.807) is 13.2 Å². The number of hydrogen-bond donors (Lipinski definition) is 1. The largest absolute Gasteiger partial charge is 0.493 e. The Bertz CT molecular complexity index is 887. The SMILES string of the molecule is CCCOc1c(OC)cccc1-c1nc2ccccc2c(=O)[nH]1. The van der Waals surface area contributed by atoms with E-state index in [1.165, 1.54) is 0 Å². The number of rotatable bonds is 5. The van der Waals surface area contributed by atoms with Crippen molar-refractivity contribution in [1.29, 1.82) is 0 Å². The molecule has 1 aromatic heterocycles. The summed E-state index contributed by atoms with van der Waals surface area (Å²) in [7, 11) is 1.59. The molecule has 0 aliphatic carbocycles. The van der Waals surface area contributed by atoms with Gasteiger partial charge in [-0.2, -0.15) is 0 Å². The van der Waals surface area contributed by atoms with Gasteiger partial charge in [0.25, 0.3) is 5.56 Å². The predicted octanol–water partition coefficient (Wildman–Crippen LogP) is 3.39. The summed E-state index contributed by atoms with van der Waals surface area (Å²) >= 11 is 0. The van der Waals surface area contributed by atoms with Gasteiger partial charge in [0.05, 0.1) is 30.2 Å². The molecule has 5 nitrogen and oxygen atoms in total. The number of hydrogen-bond acceptors (Lipinski definition) is 4. The van der Waals surface area contributed by atoms with Crippen LogP contribution in [0.3, 0.4) is 0 Å². The van der Waals surface area contributed by atoms with Crippen LogP contribution in [0.4, 0.5) is 0 Å². The summed E-state index contributed by atoms with van der Waals surface area (Å²) < 4.78 is 11.2. The average molecular weight is 310 g/mol. The molecule has 0 saturated carbocycles. The molecule has 0 fully saturated rings. The smallest absolute Gasteiger partial charge is 0.259 e. The summed E-state index contributed by atoms with van der Waals surface area (Å²) in [6.07, 6.45) is 0.874. The van der Waals surface area contributed by atoms with E-state index in [-0.39, 0.29) is 5.56 Å². The molecule has 0 atom stereocenters. The molecule has 118 valence electrons. The summed E-state index contributed by atoms with van der Waals surface area (Å²) in [5.74, 6) is 1.68. The number of nitrogens with zero attached hydrogens (tertiary/aromatic N) is 1. The lowest BCUT2D eigenvalue weighted by Gasteiger charge is -2.14. The van der Waals surface area contributed by atoms with Crippen LogP contribution < -0.4 is 15.0 Å². The second kappa shape index (κ2) is 6.52. The fourth-order valence-corrected chi connectivity index (χ4v) is 2.43. The minimum absolute atomic E-state index is 0.171. The lowest BCUT2D eigenvalue weighted by atomic mass is 10.1. The maximum atomic E-state index is 12.3. The number of para-hydroxylation sites is 2. The highest BCUT2D eigenvalue weighted by Crippen LogP contribution is 2.36. The molecule has 23 heavy (non-hydrogen) atoms. The van der Waals surface area contributed by atoms with Crippen molar-refractivity contribution < 1.29 is 9.47 Å². The van der Waals surface area contributed by atoms with Crippen LogP contribution in [0.25, 0.3) is 22.3 Å². The lowest BCUT2D eigenvalue weighted by molar-refractivity contribution is 0.295. The van der Waals surface area contributed by atoms with Crippen LogP contribution in [-0.4, -0.2) is 23.7 Å². The van der Waals surface area contributed by atoms with Gasteiger partial charge in [-0.1, -0.05) is 25.1 Å². The van der Waals surface area contributed by atoms with Crippen molar-refractivity contribution in [2.24, 2.45) is 0 Å². The van der Waals surface area contributed by atoms with Gasteiger partial charge < -0.3 is 14.5 Å². The van der Waals surface area contributed by atoms with Crippen molar-refractivity contribution in [3.63, 3.8) is 0 Å². The summed E-state index contributed by atoms with van der Waals surface area (Å²) in [4.78, 5) is 19.7. The predicted molar refractivity (Wildman–Crippen MR) is 90.1 cm³/mol. The standard InChI is InChI=1S/C18H18N2O3/c1-3-11-23-16-13(8-6-10-15(16)22-2)17-19-14-9-5-4-7-12(14)18(21)20-17/h4-10H,3,11H2,1-2H3,(H,19,20,21). The van der Waals surface area contributed by atoms with E-state index in [1.807, 2.05) is 43.3 Å². The molecular weight excluding hydrogens is 292 g/mol. The minimum atomic E-state index is -0.171. The zero-order chi connectivity index (χ0) is 16.2. The molecular formula is C18H18N2O3. The topological polar surface area (TPSA) is 64.2 Å². The van der Waals surface area contributed by atoms with Gasteiger partial charge in [0.1, 0.15) is 5.82 Å². The first kappa shape index (κ1) is 15.1. The van der Waals surface area contributed by atoms with Gasteiger partial charge in [0.15, 0.2) is 11.5 Å². The van der Waals surface area contributed by atoms with Crippen molar-refractivity contribution in [1.82, 2.24) is 9.97 Å². The fourth-order valence-electron chi connectivity index (χ4n) is 2.43. The summed E-state index contributed by atoms with van der Waals surface area (Å²) in [5.41, 5.74) is 1.19. The van der Waals surface area contributed by atoms with Crippen LogP contribution in [0.2, 0.25) is 0 Å². The number of benzene rings is 2. The number of ether oxygens (including phenoxy) is 2. The Hall–Kier alpha value is -2.82. The third-order valence-electron chi connectivity index (χ3n) is 3.52. The first-order valence-corrected chi connectivity index (χ1v) is 7.53. The second-order valence-electron chi connectivity index (χ2n) is 5.12. The molecule has 2 aromatic carbocycles. The van der Waals surface area contributed by atoms with Gasteiger partial charge in [-0.25, -0.2) is 4.98 Å². The van der Waals surface area contributed by atoms with Crippen molar-refractivity contribution in [3.8, 4) is 22.9 Å². The quantitative estimate of drug-likeness (QED) is 0.784. The zero-order valence-electron chi connectivity index (χ0n) is 13.1. The first-order valence-electron chi connectivity index (χ1n) is 7.53. The Balaban J connectivity index is 2.20. The van der Waals surface area contributed by atoms with E-state index in [2.05, 4.69) is 9.97 Å². The van der Waals surface area contributed by atoms with E-state index < -0.39 is 0 Å². The molecule has 3 rings (SSSR count). The van der Waals surface area contributed by atoms with Gasteiger partial charge in [0, 0.05) is 0 Å². The maximum Gasteiger partial charge on any atom is 0.259 e. The highest BCUT2D eigenvalue weighted by atomic mass is 16.5. The Morgan fingerprint density at radius 3 is 2.74 bits per heavy atom. The van der Waals surface area contributed by atoms with Gasteiger partial charge in [-0.05, 0) is 30.7 Å². The fraction of sp³-hybridized carbons (Fsp3) is 0.222. The molecule has 0 bridgehead atoms. The zero-order valence-corrected chi connectivity index (χ0v) is 13.1. The number of fused-ring (bicyclic) bond motifs is 1. The summed E-state index contributed by atoms with van der Waals surface area (Å²) in [6.45, 7) is 2.59. The monoisotopic (exact) mass is 310 g/mol. The van der Waals surface area contributed by atoms with Gasteiger partial charge >= 0.3 is 0 Å². The van der Waals surface area contributed by atoms with Crippen molar-refractivity contribution >= 4 is 10.9 Å². The van der Waals surface area contributed by atoms with Crippen LogP contribution >= 0.6 is 0 Å². The van der Waals surface area contributed by atoms with Gasteiger partial charge in [0.2, 0.25) is 0 Å². The van der Waals surface area contributed by atoms with Crippen LogP contribution in [0.15, 0.2) is 47.3 Å². The Morgan fingerprint density at radius 1 is 1.13 bits per heavy atom. The summed E-state index contributed by atoms with van der Waals surface area (Å²) in [5, 5.41) is 0.565. The number of aromatic amines is 1. The third kappa shape index (κ3) is 2.90. The molecule has 0 unspecified atom stereocenters. The number of methoxy groups -OCH3 is 1. The first-order chi connectivity index (χ1) is 11.2. The van der Waals surface area contributed by atoms with Crippen LogP contribution in [-0.2, 0) is 0 Å². The Kier molecular flexibility index (Phi) is 4.28. The van der Waals surface area contributed by atoms with E-state index in [4.69, 9.17) is 9.47 Å². The van der Waals surface area contributed by atoms with Crippen molar-refractivity contribution in [3.05, 3.63) is 52.8 Å².